The molecule has 0 radical (unpaired) electrons. The van der Waals surface area contributed by atoms with Crippen LogP contribution < -0.4 is 0 Å². The van der Waals surface area contributed by atoms with Gasteiger partial charge in [-0.25, -0.2) is 4.79 Å². The van der Waals surface area contributed by atoms with Gasteiger partial charge < -0.3 is 14.7 Å². The second-order valence-electron chi connectivity index (χ2n) is 5.21. The third-order valence-corrected chi connectivity index (χ3v) is 4.00. The van der Waals surface area contributed by atoms with Crippen LogP contribution in [-0.4, -0.2) is 72.7 Å². The third kappa shape index (κ3) is 4.52. The molecule has 0 aliphatic rings. The fourth-order valence-corrected chi connectivity index (χ4v) is 2.54. The highest BCUT2D eigenvalue weighted by molar-refractivity contribution is 7.85. The van der Waals surface area contributed by atoms with E-state index in [-0.39, 0.29) is 30.4 Å². The van der Waals surface area contributed by atoms with Crippen LogP contribution in [0.4, 0.5) is 0 Å². The van der Waals surface area contributed by atoms with Crippen molar-refractivity contribution in [1.82, 2.24) is 0 Å². The highest BCUT2D eigenvalue weighted by Gasteiger charge is 2.49. The lowest BCUT2D eigenvalue weighted by Gasteiger charge is -2.42. The summed E-state index contributed by atoms with van der Waals surface area (Å²) in [6.45, 7) is -0.298. The van der Waals surface area contributed by atoms with E-state index in [4.69, 9.17) is 9.66 Å². The molecule has 0 fully saturated rings. The molecule has 3 N–H and O–H groups in total. The number of hydrogen-bond acceptors (Lipinski definition) is 4. The number of quaternary nitrogens is 1. The molecular formula is C10H22NO6S+. The van der Waals surface area contributed by atoms with Crippen molar-refractivity contribution in [1.29, 1.82) is 0 Å². The minimum Gasteiger partial charge on any atom is -0.477 e. The summed E-state index contributed by atoms with van der Waals surface area (Å²) in [4.78, 5) is 11.5. The fraction of sp³-hybridized carbons (Fsp3) is 0.900. The zero-order chi connectivity index (χ0) is 14.6. The van der Waals surface area contributed by atoms with E-state index in [0.29, 0.717) is 0 Å². The van der Waals surface area contributed by atoms with Gasteiger partial charge in [-0.2, -0.15) is 8.42 Å². The first-order valence-corrected chi connectivity index (χ1v) is 7.18. The molecule has 0 aromatic carbocycles. The first-order valence-electron chi connectivity index (χ1n) is 5.57. The van der Waals surface area contributed by atoms with E-state index in [2.05, 4.69) is 0 Å². The number of carbonyl (C=O) groups is 1. The molecule has 1 atom stereocenters. The van der Waals surface area contributed by atoms with Gasteiger partial charge in [-0.05, 0) is 6.42 Å². The molecule has 0 aliphatic heterocycles. The van der Waals surface area contributed by atoms with Gasteiger partial charge in [0.05, 0.1) is 26.9 Å². The number of nitrogens with zero attached hydrogens (tertiary/aromatic N) is 1. The second-order valence-corrected chi connectivity index (χ2v) is 6.78. The molecule has 0 rings (SSSR count). The van der Waals surface area contributed by atoms with Crippen LogP contribution in [0.2, 0.25) is 0 Å². The van der Waals surface area contributed by atoms with Crippen molar-refractivity contribution >= 4 is 16.1 Å². The average molecular weight is 284 g/mol. The summed E-state index contributed by atoms with van der Waals surface area (Å²) in [5.41, 5.74) is -1.26. The number of carboxylic acid groups (broad SMARTS) is 1. The SMILES string of the molecule is C[N+](C)(C)C(CCO)(CCCS(=O)(=O)O)C(=O)O. The molecule has 18 heavy (non-hydrogen) atoms. The Morgan fingerprint density at radius 3 is 2.00 bits per heavy atom. The number of hydrogen-bond donors (Lipinski definition) is 3. The van der Waals surface area contributed by atoms with Gasteiger partial charge in [0.1, 0.15) is 0 Å². The number of rotatable bonds is 8. The van der Waals surface area contributed by atoms with Crippen molar-refractivity contribution in [2.75, 3.05) is 33.5 Å². The number of aliphatic hydroxyl groups excluding tert-OH is 1. The Morgan fingerprint density at radius 1 is 1.22 bits per heavy atom. The van der Waals surface area contributed by atoms with Crippen molar-refractivity contribution in [2.24, 2.45) is 0 Å². The Hall–Kier alpha value is -0.700. The molecule has 0 amide bonds. The second kappa shape index (κ2) is 5.96. The number of aliphatic hydroxyl groups is 1. The highest BCUT2D eigenvalue weighted by Crippen LogP contribution is 2.29. The normalized spacial score (nSPS) is 16.3. The molecule has 108 valence electrons. The van der Waals surface area contributed by atoms with Crippen molar-refractivity contribution < 1.29 is 32.5 Å². The first kappa shape index (κ1) is 17.3. The van der Waals surface area contributed by atoms with Crippen LogP contribution in [0.25, 0.3) is 0 Å². The summed E-state index contributed by atoms with van der Waals surface area (Å²) in [5.74, 6) is -1.56. The zero-order valence-electron chi connectivity index (χ0n) is 11.0. The van der Waals surface area contributed by atoms with Gasteiger partial charge in [0.2, 0.25) is 0 Å². The van der Waals surface area contributed by atoms with Crippen LogP contribution in [0.15, 0.2) is 0 Å². The van der Waals surface area contributed by atoms with Gasteiger partial charge in [-0.3, -0.25) is 4.55 Å². The van der Waals surface area contributed by atoms with Crippen molar-refractivity contribution in [2.45, 2.75) is 24.8 Å². The van der Waals surface area contributed by atoms with Crippen molar-refractivity contribution in [3.05, 3.63) is 0 Å². The quantitative estimate of drug-likeness (QED) is 0.412. The van der Waals surface area contributed by atoms with Gasteiger partial charge in [0, 0.05) is 19.4 Å². The Labute approximate surface area is 107 Å². The topological polar surface area (TPSA) is 112 Å². The highest BCUT2D eigenvalue weighted by atomic mass is 32.2. The van der Waals surface area contributed by atoms with Crippen LogP contribution in [0, 0.1) is 0 Å². The molecule has 0 bridgehead atoms. The van der Waals surface area contributed by atoms with E-state index in [1.54, 1.807) is 21.1 Å². The van der Waals surface area contributed by atoms with E-state index < -0.39 is 27.4 Å². The Balaban J connectivity index is 5.04. The minimum absolute atomic E-state index is 0.0251. The summed E-state index contributed by atoms with van der Waals surface area (Å²) in [6.07, 6.45) is 0.115. The van der Waals surface area contributed by atoms with Crippen molar-refractivity contribution in [3.8, 4) is 0 Å². The lowest BCUT2D eigenvalue weighted by molar-refractivity contribution is -0.915. The molecule has 0 saturated carbocycles. The summed E-state index contributed by atoms with van der Waals surface area (Å²) >= 11 is 0. The predicted octanol–water partition coefficient (Wildman–Crippen LogP) is -0.434. The summed E-state index contributed by atoms with van der Waals surface area (Å²) in [7, 11) is 0.938. The summed E-state index contributed by atoms with van der Waals surface area (Å²) in [5, 5.41) is 18.4. The maximum Gasteiger partial charge on any atom is 0.365 e. The summed E-state index contributed by atoms with van der Waals surface area (Å²) in [6, 6.07) is 0. The van der Waals surface area contributed by atoms with Crippen molar-refractivity contribution in [3.63, 3.8) is 0 Å². The number of carboxylic acids is 1. The van der Waals surface area contributed by atoms with Gasteiger partial charge in [-0.15, -0.1) is 0 Å². The van der Waals surface area contributed by atoms with Gasteiger partial charge >= 0.3 is 5.97 Å². The van der Waals surface area contributed by atoms with Gasteiger partial charge in [0.15, 0.2) is 5.54 Å². The molecule has 0 spiro atoms. The van der Waals surface area contributed by atoms with E-state index >= 15 is 0 Å². The smallest absolute Gasteiger partial charge is 0.365 e. The maximum atomic E-state index is 11.5. The number of aliphatic carboxylic acids is 1. The minimum atomic E-state index is -4.10. The molecular weight excluding hydrogens is 262 g/mol. The van der Waals surface area contributed by atoms with E-state index in [1.807, 2.05) is 0 Å². The molecule has 0 aliphatic carbocycles. The number of likely N-dealkylation sites (N-methyl/N-ethyl adjacent to an activating group) is 1. The monoisotopic (exact) mass is 284 g/mol. The van der Waals surface area contributed by atoms with Crippen LogP contribution in [0.1, 0.15) is 19.3 Å². The summed E-state index contributed by atoms with van der Waals surface area (Å²) < 4.78 is 30.0. The first-order chi connectivity index (χ1) is 7.96. The maximum absolute atomic E-state index is 11.5. The van der Waals surface area contributed by atoms with Crippen LogP contribution in [0.3, 0.4) is 0 Å². The lowest BCUT2D eigenvalue weighted by Crippen LogP contribution is -2.62. The Bertz CT molecular complexity index is 386. The molecule has 1 unspecified atom stereocenters. The zero-order valence-corrected chi connectivity index (χ0v) is 11.8. The molecule has 0 aromatic heterocycles. The molecule has 8 heteroatoms. The van der Waals surface area contributed by atoms with Gasteiger partial charge in [0.25, 0.3) is 10.1 Å². The predicted molar refractivity (Wildman–Crippen MR) is 65.8 cm³/mol. The largest absolute Gasteiger partial charge is 0.477 e. The average Bonchev–Trinajstić information content (AvgIpc) is 2.12. The van der Waals surface area contributed by atoms with E-state index in [0.717, 1.165) is 0 Å². The molecule has 0 heterocycles. The lowest BCUT2D eigenvalue weighted by atomic mass is 9.87. The molecule has 0 aromatic rings. The van der Waals surface area contributed by atoms with Crippen LogP contribution in [-0.2, 0) is 14.9 Å². The van der Waals surface area contributed by atoms with Gasteiger partial charge in [-0.1, -0.05) is 0 Å². The van der Waals surface area contributed by atoms with E-state index in [1.165, 1.54) is 0 Å². The van der Waals surface area contributed by atoms with E-state index in [9.17, 15) is 18.3 Å². The molecule has 0 saturated heterocycles. The van der Waals surface area contributed by atoms with Crippen LogP contribution in [0.5, 0.6) is 0 Å². The van der Waals surface area contributed by atoms with Crippen LogP contribution >= 0.6 is 0 Å². The standard InChI is InChI=1S/C10H21NO6S/c1-11(2,3)10(6-7-12,9(13)14)5-4-8-18(15,16)17/h12H,4-8H2,1-3H3,(H-,13,14,15,16,17)/p+1. The molecule has 7 nitrogen and oxygen atoms in total. The Morgan fingerprint density at radius 2 is 1.72 bits per heavy atom. The fourth-order valence-electron chi connectivity index (χ4n) is 2.03. The Kier molecular flexibility index (Phi) is 5.73. The third-order valence-electron chi connectivity index (χ3n) is 3.20.